The van der Waals surface area contributed by atoms with Crippen molar-refractivity contribution in [2.45, 2.75) is 38.0 Å². The van der Waals surface area contributed by atoms with Crippen molar-refractivity contribution in [3.63, 3.8) is 0 Å². The number of rotatable bonds is 6. The van der Waals surface area contributed by atoms with E-state index < -0.39 is 7.14 Å². The highest BCUT2D eigenvalue weighted by Crippen LogP contribution is 2.40. The summed E-state index contributed by atoms with van der Waals surface area (Å²) >= 11 is 0. The third-order valence-electron chi connectivity index (χ3n) is 8.79. The molecule has 44 heavy (non-hydrogen) atoms. The lowest BCUT2D eigenvalue weighted by molar-refractivity contribution is 0.428. The van der Waals surface area contributed by atoms with Gasteiger partial charge in [-0.2, -0.15) is 0 Å². The van der Waals surface area contributed by atoms with Crippen LogP contribution in [0.2, 0.25) is 0 Å². The maximum absolute atomic E-state index is 12.8. The quantitative estimate of drug-likeness (QED) is 0.180. The summed E-state index contributed by atoms with van der Waals surface area (Å²) in [6.07, 6.45) is 6.01. The van der Waals surface area contributed by atoms with Gasteiger partial charge in [0.05, 0.1) is 0 Å². The molecular weight excluding hydrogens is 557 g/mol. The summed E-state index contributed by atoms with van der Waals surface area (Å²) in [6, 6.07) is 39.9. The largest absolute Gasteiger partial charge is 0.319 e. The Kier molecular flexibility index (Phi) is 7.70. The first-order valence-electron chi connectivity index (χ1n) is 15.5. The van der Waals surface area contributed by atoms with Crippen molar-refractivity contribution in [3.05, 3.63) is 121 Å². The average molecular weight is 594 g/mol. The van der Waals surface area contributed by atoms with Crippen molar-refractivity contribution < 1.29 is 4.57 Å². The maximum Gasteiger partial charge on any atom is 0.163 e. The van der Waals surface area contributed by atoms with Crippen LogP contribution in [-0.2, 0) is 4.57 Å². The monoisotopic (exact) mass is 593 g/mol. The SMILES string of the molecule is CP(C)(=O)c1cccc(-c2ccc(-c3cccc(-c4nc(-c5ccccc5)nc(C5CCCCC5)n4)c3)c3ccccc23)c1. The fraction of sp³-hybridized carbons (Fsp3) is 0.205. The molecule has 5 heteroatoms. The molecule has 0 atom stereocenters. The van der Waals surface area contributed by atoms with Crippen LogP contribution in [0.25, 0.3) is 55.8 Å². The van der Waals surface area contributed by atoms with Crippen molar-refractivity contribution >= 4 is 23.2 Å². The second-order valence-corrected chi connectivity index (χ2v) is 15.4. The van der Waals surface area contributed by atoms with E-state index in [4.69, 9.17) is 15.0 Å². The van der Waals surface area contributed by atoms with Gasteiger partial charge in [-0.05, 0) is 71.3 Å². The predicted molar refractivity (Wildman–Crippen MR) is 184 cm³/mol. The first-order chi connectivity index (χ1) is 21.4. The number of hydrogen-bond acceptors (Lipinski definition) is 4. The van der Waals surface area contributed by atoms with Crippen molar-refractivity contribution in [1.29, 1.82) is 0 Å². The van der Waals surface area contributed by atoms with Crippen LogP contribution in [0.15, 0.2) is 115 Å². The van der Waals surface area contributed by atoms with Crippen LogP contribution in [0.4, 0.5) is 0 Å². The Labute approximate surface area is 259 Å². The third-order valence-corrected chi connectivity index (χ3v) is 10.3. The van der Waals surface area contributed by atoms with Crippen molar-refractivity contribution in [1.82, 2.24) is 15.0 Å². The molecule has 1 saturated carbocycles. The first kappa shape index (κ1) is 28.4. The first-order valence-corrected chi connectivity index (χ1v) is 18.1. The fourth-order valence-corrected chi connectivity index (χ4v) is 7.31. The highest BCUT2D eigenvalue weighted by molar-refractivity contribution is 7.70. The lowest BCUT2D eigenvalue weighted by Gasteiger charge is -2.21. The Morgan fingerprint density at radius 2 is 1.09 bits per heavy atom. The summed E-state index contributed by atoms with van der Waals surface area (Å²) in [6.45, 7) is 3.65. The molecule has 0 saturated heterocycles. The third kappa shape index (κ3) is 5.75. The molecule has 0 spiro atoms. The smallest absolute Gasteiger partial charge is 0.163 e. The van der Waals surface area contributed by atoms with E-state index in [2.05, 4.69) is 84.9 Å². The molecule has 5 aromatic carbocycles. The number of fused-ring (bicyclic) bond motifs is 1. The predicted octanol–water partition coefficient (Wildman–Crippen LogP) is 9.99. The Balaban J connectivity index is 1.33. The Bertz CT molecular complexity index is 2010. The lowest BCUT2D eigenvalue weighted by atomic mass is 9.88. The Hall–Kier alpha value is -4.40. The van der Waals surface area contributed by atoms with Gasteiger partial charge >= 0.3 is 0 Å². The Morgan fingerprint density at radius 1 is 0.545 bits per heavy atom. The molecule has 1 aliphatic carbocycles. The van der Waals surface area contributed by atoms with Crippen molar-refractivity contribution in [2.24, 2.45) is 0 Å². The van der Waals surface area contributed by atoms with Crippen LogP contribution in [0.3, 0.4) is 0 Å². The van der Waals surface area contributed by atoms with E-state index in [1.165, 1.54) is 30.0 Å². The zero-order valence-corrected chi connectivity index (χ0v) is 26.2. The molecule has 0 amide bonds. The molecule has 1 fully saturated rings. The van der Waals surface area contributed by atoms with E-state index in [1.54, 1.807) is 0 Å². The molecule has 0 N–H and O–H groups in total. The minimum atomic E-state index is -2.37. The van der Waals surface area contributed by atoms with Gasteiger partial charge in [-0.1, -0.05) is 122 Å². The standard InChI is InChI=1S/C39H36N3OP/c1-44(2,43)32-20-12-18-30(26-32)34-24-23-33(35-21-9-10-22-36(34)35)29-17-11-19-31(25-29)39-41-37(27-13-5-3-6-14-27)40-38(42-39)28-15-7-4-8-16-28/h3,5-6,9-14,17-26,28H,4,7-8,15-16H2,1-2H3. The summed E-state index contributed by atoms with van der Waals surface area (Å²) in [5, 5.41) is 3.24. The summed E-state index contributed by atoms with van der Waals surface area (Å²) in [4.78, 5) is 15.1. The van der Waals surface area contributed by atoms with E-state index in [0.29, 0.717) is 5.92 Å². The second-order valence-electron chi connectivity index (χ2n) is 12.2. The van der Waals surface area contributed by atoms with Gasteiger partial charge in [0.1, 0.15) is 13.0 Å². The minimum absolute atomic E-state index is 0.375. The number of hydrogen-bond donors (Lipinski definition) is 0. The number of nitrogens with zero attached hydrogens (tertiary/aromatic N) is 3. The molecule has 6 aromatic rings. The summed E-state index contributed by atoms with van der Waals surface area (Å²) in [5.41, 5.74) is 6.49. The van der Waals surface area contributed by atoms with E-state index in [1.807, 2.05) is 43.7 Å². The molecule has 218 valence electrons. The fourth-order valence-electron chi connectivity index (χ4n) is 6.42. The van der Waals surface area contributed by atoms with Crippen LogP contribution in [-0.4, -0.2) is 28.3 Å². The molecule has 1 aromatic heterocycles. The van der Waals surface area contributed by atoms with Gasteiger partial charge < -0.3 is 4.57 Å². The van der Waals surface area contributed by atoms with Gasteiger partial charge in [0.2, 0.25) is 0 Å². The van der Waals surface area contributed by atoms with Crippen LogP contribution >= 0.6 is 7.14 Å². The number of benzene rings is 5. The molecule has 1 heterocycles. The lowest BCUT2D eigenvalue weighted by Crippen LogP contribution is -2.11. The van der Waals surface area contributed by atoms with Gasteiger partial charge in [-0.3, -0.25) is 0 Å². The van der Waals surface area contributed by atoms with E-state index in [-0.39, 0.29) is 0 Å². The second kappa shape index (κ2) is 11.9. The normalized spacial score (nSPS) is 14.1. The summed E-state index contributed by atoms with van der Waals surface area (Å²) in [5.74, 6) is 2.75. The summed E-state index contributed by atoms with van der Waals surface area (Å²) in [7, 11) is -2.37. The van der Waals surface area contributed by atoms with Gasteiger partial charge in [0, 0.05) is 22.3 Å². The van der Waals surface area contributed by atoms with Crippen LogP contribution in [0.5, 0.6) is 0 Å². The maximum atomic E-state index is 12.8. The molecular formula is C39H36N3OP. The topological polar surface area (TPSA) is 55.7 Å². The number of aromatic nitrogens is 3. The highest BCUT2D eigenvalue weighted by atomic mass is 31.2. The van der Waals surface area contributed by atoms with Gasteiger partial charge in [0.15, 0.2) is 11.6 Å². The summed E-state index contributed by atoms with van der Waals surface area (Å²) < 4.78 is 12.8. The molecule has 0 aliphatic heterocycles. The van der Waals surface area contributed by atoms with Crippen LogP contribution in [0.1, 0.15) is 43.8 Å². The molecule has 0 radical (unpaired) electrons. The Morgan fingerprint density at radius 3 is 1.75 bits per heavy atom. The van der Waals surface area contributed by atoms with Gasteiger partial charge in [-0.25, -0.2) is 15.0 Å². The van der Waals surface area contributed by atoms with E-state index in [0.717, 1.165) is 69.0 Å². The molecule has 4 nitrogen and oxygen atoms in total. The van der Waals surface area contributed by atoms with Crippen molar-refractivity contribution in [3.8, 4) is 45.0 Å². The van der Waals surface area contributed by atoms with Gasteiger partial charge in [-0.15, -0.1) is 0 Å². The van der Waals surface area contributed by atoms with Crippen LogP contribution in [0, 0.1) is 0 Å². The highest BCUT2D eigenvalue weighted by Gasteiger charge is 2.21. The molecule has 0 bridgehead atoms. The van der Waals surface area contributed by atoms with Crippen molar-refractivity contribution in [2.75, 3.05) is 13.3 Å². The van der Waals surface area contributed by atoms with Gasteiger partial charge in [0.25, 0.3) is 0 Å². The van der Waals surface area contributed by atoms with Crippen LogP contribution < -0.4 is 5.30 Å². The van der Waals surface area contributed by atoms with E-state index >= 15 is 0 Å². The van der Waals surface area contributed by atoms with E-state index in [9.17, 15) is 4.57 Å². The molecule has 0 unspecified atom stereocenters. The minimum Gasteiger partial charge on any atom is -0.319 e. The zero-order chi connectivity index (χ0) is 30.1. The zero-order valence-electron chi connectivity index (χ0n) is 25.3. The molecule has 7 rings (SSSR count). The molecule has 1 aliphatic rings. The average Bonchev–Trinajstić information content (AvgIpc) is 3.08.